The van der Waals surface area contributed by atoms with E-state index in [1.54, 1.807) is 19.2 Å². The van der Waals surface area contributed by atoms with Gasteiger partial charge in [-0.05, 0) is 49.6 Å². The highest BCUT2D eigenvalue weighted by Crippen LogP contribution is 2.57. The number of benzene rings is 1. The number of aromatic nitrogens is 1. The Hall–Kier alpha value is -2.49. The lowest BCUT2D eigenvalue weighted by Crippen LogP contribution is -2.44. The number of carbonyl (C=O) groups is 2. The van der Waals surface area contributed by atoms with Gasteiger partial charge in [0, 0.05) is 31.0 Å². The van der Waals surface area contributed by atoms with E-state index in [1.165, 1.54) is 0 Å². The van der Waals surface area contributed by atoms with Gasteiger partial charge in [-0.3, -0.25) is 14.3 Å². The first-order valence-corrected chi connectivity index (χ1v) is 13.1. The molecule has 10 heteroatoms. The maximum absolute atomic E-state index is 13.2. The Balaban J connectivity index is 0.00000289. The number of fused-ring (bicyclic) bond motifs is 1. The van der Waals surface area contributed by atoms with Crippen LogP contribution in [-0.4, -0.2) is 48.5 Å². The summed E-state index contributed by atoms with van der Waals surface area (Å²) in [5, 5.41) is 5.14. The number of halogens is 1. The molecule has 0 spiro atoms. The Labute approximate surface area is 211 Å². The van der Waals surface area contributed by atoms with Crippen molar-refractivity contribution in [2.75, 3.05) is 6.54 Å². The molecule has 1 aromatic carbocycles. The van der Waals surface area contributed by atoms with Gasteiger partial charge in [0.15, 0.2) is 5.78 Å². The maximum Gasteiger partial charge on any atom is 0.240 e. The van der Waals surface area contributed by atoms with Crippen molar-refractivity contribution in [3.8, 4) is 5.88 Å². The number of sulfonamides is 1. The van der Waals surface area contributed by atoms with Gasteiger partial charge >= 0.3 is 0 Å². The predicted molar refractivity (Wildman–Crippen MR) is 135 cm³/mol. The number of ketones is 1. The molecule has 1 amide bonds. The Morgan fingerprint density at radius 3 is 2.71 bits per heavy atom. The van der Waals surface area contributed by atoms with Crippen molar-refractivity contribution in [3.05, 3.63) is 49.2 Å². The van der Waals surface area contributed by atoms with Gasteiger partial charge in [0.1, 0.15) is 6.10 Å². The molecule has 2 saturated carbocycles. The number of amides is 1. The molecule has 1 saturated heterocycles. The van der Waals surface area contributed by atoms with E-state index in [2.05, 4.69) is 21.6 Å². The van der Waals surface area contributed by atoms with Gasteiger partial charge < -0.3 is 10.1 Å². The Morgan fingerprint density at radius 2 is 2.03 bits per heavy atom. The van der Waals surface area contributed by atoms with Gasteiger partial charge in [-0.2, -0.15) is 0 Å². The summed E-state index contributed by atoms with van der Waals surface area (Å²) < 4.78 is 32.6. The highest BCUT2D eigenvalue weighted by Gasteiger charge is 2.62. The number of hydrogen-bond acceptors (Lipinski definition) is 7. The van der Waals surface area contributed by atoms with E-state index < -0.39 is 32.1 Å². The highest BCUT2D eigenvalue weighted by atomic mass is 35.5. The van der Waals surface area contributed by atoms with Gasteiger partial charge in [0.25, 0.3) is 0 Å². The number of pyridine rings is 1. The fraction of sp³-hybridized carbons (Fsp3) is 0.480. The third kappa shape index (κ3) is 4.69. The van der Waals surface area contributed by atoms with Crippen LogP contribution < -0.4 is 14.8 Å². The maximum atomic E-state index is 13.2. The molecule has 8 nitrogen and oxygen atoms in total. The molecule has 35 heavy (non-hydrogen) atoms. The van der Waals surface area contributed by atoms with Crippen LogP contribution in [-0.2, 0) is 19.6 Å². The third-order valence-electron chi connectivity index (χ3n) is 7.58. The molecule has 188 valence electrons. The summed E-state index contributed by atoms with van der Waals surface area (Å²) in [6, 6.07) is 9.27. The van der Waals surface area contributed by atoms with Crippen LogP contribution in [0.3, 0.4) is 0 Å². The fourth-order valence-corrected chi connectivity index (χ4v) is 6.13. The van der Waals surface area contributed by atoms with Gasteiger partial charge in [0.2, 0.25) is 21.8 Å². The number of ether oxygens (including phenoxy) is 1. The first-order chi connectivity index (χ1) is 16.2. The summed E-state index contributed by atoms with van der Waals surface area (Å²) in [7, 11) is -3.76. The van der Waals surface area contributed by atoms with Crippen molar-refractivity contribution in [1.29, 1.82) is 0 Å². The van der Waals surface area contributed by atoms with Crippen LogP contribution in [0.4, 0.5) is 0 Å². The van der Waals surface area contributed by atoms with Crippen molar-refractivity contribution in [1.82, 2.24) is 15.0 Å². The van der Waals surface area contributed by atoms with Crippen LogP contribution in [0.5, 0.6) is 5.88 Å². The zero-order chi connectivity index (χ0) is 24.1. The molecule has 2 aromatic rings. The molecule has 3 fully saturated rings. The third-order valence-corrected chi connectivity index (χ3v) is 9.74. The van der Waals surface area contributed by atoms with Crippen LogP contribution in [0.1, 0.15) is 39.0 Å². The van der Waals surface area contributed by atoms with Crippen LogP contribution in [0.25, 0.3) is 10.8 Å². The Morgan fingerprint density at radius 1 is 1.29 bits per heavy atom. The fourth-order valence-electron chi connectivity index (χ4n) is 4.79. The normalized spacial score (nSPS) is 28.5. The van der Waals surface area contributed by atoms with E-state index >= 15 is 0 Å². The molecule has 2 aliphatic carbocycles. The van der Waals surface area contributed by atoms with Crippen LogP contribution in [0, 0.1) is 11.3 Å². The minimum atomic E-state index is -3.76. The summed E-state index contributed by atoms with van der Waals surface area (Å²) in [6.45, 7) is 5.88. The summed E-state index contributed by atoms with van der Waals surface area (Å²) in [6.07, 6.45) is 5.02. The van der Waals surface area contributed by atoms with E-state index in [-0.39, 0.29) is 36.6 Å². The molecule has 0 bridgehead atoms. The lowest BCUT2D eigenvalue weighted by molar-refractivity contribution is -0.130. The number of carbonyl (C=O) groups excluding carboxylic acids is 2. The van der Waals surface area contributed by atoms with Gasteiger partial charge in [-0.1, -0.05) is 24.3 Å². The largest absolute Gasteiger partial charge is 0.472 e. The quantitative estimate of drug-likeness (QED) is 0.489. The number of nitrogens with one attached hydrogen (secondary N) is 2. The topological polar surface area (TPSA) is 114 Å². The second-order valence-corrected chi connectivity index (χ2v) is 12.2. The van der Waals surface area contributed by atoms with Crippen LogP contribution in [0.15, 0.2) is 49.2 Å². The average Bonchev–Trinajstić information content (AvgIpc) is 3.69. The zero-order valence-corrected chi connectivity index (χ0v) is 21.2. The lowest BCUT2D eigenvalue weighted by atomic mass is 9.92. The summed E-state index contributed by atoms with van der Waals surface area (Å²) in [5.74, 6) is -0.398. The van der Waals surface area contributed by atoms with Crippen molar-refractivity contribution in [3.63, 3.8) is 0 Å². The summed E-state index contributed by atoms with van der Waals surface area (Å²) >= 11 is 0. The van der Waals surface area contributed by atoms with Crippen LogP contribution in [0.2, 0.25) is 0 Å². The molecule has 4 atom stereocenters. The molecule has 2 heterocycles. The lowest BCUT2D eigenvalue weighted by Gasteiger charge is -2.20. The number of nitrogens with zero attached hydrogens (tertiary/aromatic N) is 1. The van der Waals surface area contributed by atoms with Crippen molar-refractivity contribution in [2.45, 2.75) is 55.9 Å². The first kappa shape index (κ1) is 25.6. The molecule has 5 rings (SSSR count). The number of Topliss-reactive ketones (excluding diaryl/α,β-unsaturated/α-hetero) is 1. The van der Waals surface area contributed by atoms with E-state index in [0.29, 0.717) is 38.1 Å². The number of rotatable bonds is 9. The van der Waals surface area contributed by atoms with E-state index in [1.807, 2.05) is 30.3 Å². The molecular weight excluding hydrogens is 490 g/mol. The minimum absolute atomic E-state index is 0. The van der Waals surface area contributed by atoms with Crippen molar-refractivity contribution < 1.29 is 22.7 Å². The SMILES string of the molecule is C=C[C@@H]1C[C@]1(CC(=O)[C@@H]1C[C@@H](Oc2nccc3ccccc23)CN1)C(=O)NS(=O)(=O)C1(C)CC1.Cl. The highest BCUT2D eigenvalue weighted by molar-refractivity contribution is 7.91. The smallest absolute Gasteiger partial charge is 0.240 e. The number of allylic oxidation sites excluding steroid dienone is 1. The van der Waals surface area contributed by atoms with Crippen molar-refractivity contribution in [2.24, 2.45) is 11.3 Å². The standard InChI is InChI=1S/C25H29N3O5S.ClH/c1-3-17-13-25(17,23(30)28-34(31,32)24(2)9-10-24)14-21(29)20-12-18(15-27-20)33-22-19-7-5-4-6-16(19)8-11-26-22;/h3-8,11,17-18,20,27H,1,9-10,12-15H2,2H3,(H,28,30);1H/t17-,18-,20+,25-;/m1./s1. The Kier molecular flexibility index (Phi) is 6.72. The second-order valence-electron chi connectivity index (χ2n) is 10.0. The van der Waals surface area contributed by atoms with Gasteiger partial charge in [-0.25, -0.2) is 13.4 Å². The van der Waals surface area contributed by atoms with Crippen molar-refractivity contribution >= 4 is 44.9 Å². The van der Waals surface area contributed by atoms with E-state index in [4.69, 9.17) is 4.74 Å². The second kappa shape index (κ2) is 9.19. The average molecular weight is 520 g/mol. The minimum Gasteiger partial charge on any atom is -0.472 e. The predicted octanol–water partition coefficient (Wildman–Crippen LogP) is 2.92. The molecule has 1 aromatic heterocycles. The summed E-state index contributed by atoms with van der Waals surface area (Å²) in [5.41, 5.74) is -1.05. The molecule has 2 N–H and O–H groups in total. The zero-order valence-electron chi connectivity index (χ0n) is 19.5. The van der Waals surface area contributed by atoms with Gasteiger partial charge in [-0.15, -0.1) is 19.0 Å². The van der Waals surface area contributed by atoms with E-state index in [9.17, 15) is 18.0 Å². The molecule has 0 radical (unpaired) electrons. The van der Waals surface area contributed by atoms with E-state index in [0.717, 1.165) is 10.8 Å². The monoisotopic (exact) mass is 519 g/mol. The van der Waals surface area contributed by atoms with Crippen LogP contribution >= 0.6 is 12.4 Å². The first-order valence-electron chi connectivity index (χ1n) is 11.6. The molecule has 1 aliphatic heterocycles. The molecule has 3 aliphatic rings. The Bertz CT molecular complexity index is 1270. The molecule has 0 unspecified atom stereocenters. The summed E-state index contributed by atoms with van der Waals surface area (Å²) in [4.78, 5) is 30.5. The van der Waals surface area contributed by atoms with Gasteiger partial charge in [0.05, 0.1) is 16.2 Å². The number of hydrogen-bond donors (Lipinski definition) is 2. The molecular formula is C25H30ClN3O5S.